The first-order valence-corrected chi connectivity index (χ1v) is 9.42. The highest BCUT2D eigenvalue weighted by Gasteiger charge is 2.18. The van der Waals surface area contributed by atoms with Crippen LogP contribution < -0.4 is 5.32 Å². The molecule has 1 nitrogen and oxygen atoms in total. The van der Waals surface area contributed by atoms with Crippen molar-refractivity contribution in [2.75, 3.05) is 6.54 Å². The molecule has 1 unspecified atom stereocenters. The minimum Gasteiger partial charge on any atom is -0.309 e. The van der Waals surface area contributed by atoms with Gasteiger partial charge in [0, 0.05) is 15.4 Å². The highest BCUT2D eigenvalue weighted by atomic mass is 79.9. The van der Waals surface area contributed by atoms with Crippen molar-refractivity contribution in [1.82, 2.24) is 5.32 Å². The normalized spacial score (nSPS) is 12.6. The number of nitrogens with one attached hydrogen (secondary N) is 1. The van der Waals surface area contributed by atoms with Gasteiger partial charge in [0.05, 0.1) is 8.81 Å². The zero-order valence-electron chi connectivity index (χ0n) is 11.4. The lowest BCUT2D eigenvalue weighted by Crippen LogP contribution is -2.23. The average Bonchev–Trinajstić information content (AvgIpc) is 2.79. The molecular weight excluding hydrogens is 440 g/mol. The van der Waals surface area contributed by atoms with Gasteiger partial charge >= 0.3 is 0 Å². The van der Waals surface area contributed by atoms with Crippen molar-refractivity contribution in [2.45, 2.75) is 25.8 Å². The Morgan fingerprint density at radius 3 is 2.76 bits per heavy atom. The van der Waals surface area contributed by atoms with E-state index in [-0.39, 0.29) is 16.9 Å². The van der Waals surface area contributed by atoms with Gasteiger partial charge in [-0.25, -0.2) is 4.39 Å². The largest absolute Gasteiger partial charge is 0.309 e. The van der Waals surface area contributed by atoms with Gasteiger partial charge in [-0.1, -0.05) is 30.7 Å². The van der Waals surface area contributed by atoms with Crippen molar-refractivity contribution in [1.29, 1.82) is 0 Å². The van der Waals surface area contributed by atoms with Crippen LogP contribution in [0, 0.1) is 5.82 Å². The fourth-order valence-electron chi connectivity index (χ4n) is 2.05. The van der Waals surface area contributed by atoms with Gasteiger partial charge in [0.2, 0.25) is 0 Å². The third-order valence-electron chi connectivity index (χ3n) is 3.10. The molecule has 1 aromatic carbocycles. The van der Waals surface area contributed by atoms with Crippen LogP contribution in [0.5, 0.6) is 0 Å². The molecular formula is C15H15Br2ClFNS. The summed E-state index contributed by atoms with van der Waals surface area (Å²) in [5, 5.41) is 3.66. The van der Waals surface area contributed by atoms with Crippen LogP contribution in [0.3, 0.4) is 0 Å². The van der Waals surface area contributed by atoms with Crippen LogP contribution in [0.4, 0.5) is 4.39 Å². The number of rotatable bonds is 6. The number of thiophene rings is 1. The lowest BCUT2D eigenvalue weighted by Gasteiger charge is -2.18. The van der Waals surface area contributed by atoms with Crippen LogP contribution in [0.2, 0.25) is 5.02 Å². The highest BCUT2D eigenvalue weighted by molar-refractivity contribution is 9.13. The first-order chi connectivity index (χ1) is 10.0. The molecule has 2 rings (SSSR count). The second-order valence-corrected chi connectivity index (χ2v) is 8.36. The van der Waals surface area contributed by atoms with Gasteiger partial charge in [-0.05, 0) is 68.9 Å². The summed E-state index contributed by atoms with van der Waals surface area (Å²) in [5.74, 6) is -0.322. The summed E-state index contributed by atoms with van der Waals surface area (Å²) in [7, 11) is 0. The van der Waals surface area contributed by atoms with E-state index in [9.17, 15) is 4.39 Å². The molecule has 0 aliphatic heterocycles. The van der Waals surface area contributed by atoms with Gasteiger partial charge < -0.3 is 5.32 Å². The molecule has 0 fully saturated rings. The highest BCUT2D eigenvalue weighted by Crippen LogP contribution is 2.37. The minimum atomic E-state index is -0.322. The van der Waals surface area contributed by atoms with E-state index >= 15 is 0 Å². The van der Waals surface area contributed by atoms with Crippen LogP contribution in [-0.4, -0.2) is 6.54 Å². The van der Waals surface area contributed by atoms with Crippen molar-refractivity contribution in [3.63, 3.8) is 0 Å². The minimum absolute atomic E-state index is 0.0746. The van der Waals surface area contributed by atoms with Crippen LogP contribution in [0.25, 0.3) is 0 Å². The lowest BCUT2D eigenvalue weighted by molar-refractivity contribution is 0.519. The lowest BCUT2D eigenvalue weighted by atomic mass is 10.0. The number of halogens is 4. The molecule has 1 atom stereocenters. The Hall–Kier alpha value is 0.0600. The first kappa shape index (κ1) is 17.4. The maximum Gasteiger partial charge on any atom is 0.145 e. The summed E-state index contributed by atoms with van der Waals surface area (Å²) in [5.41, 5.74) is 0.636. The Kier molecular flexibility index (Phi) is 6.69. The fourth-order valence-corrected chi connectivity index (χ4v) is 4.41. The van der Waals surface area contributed by atoms with Gasteiger partial charge in [0.25, 0.3) is 0 Å². The van der Waals surface area contributed by atoms with E-state index in [0.717, 1.165) is 21.2 Å². The summed E-state index contributed by atoms with van der Waals surface area (Å²) in [6.07, 6.45) is 1.61. The maximum absolute atomic E-state index is 14.1. The summed E-state index contributed by atoms with van der Waals surface area (Å²) < 4.78 is 16.2. The Balaban J connectivity index is 2.26. The average molecular weight is 456 g/mol. The van der Waals surface area contributed by atoms with Crippen LogP contribution in [0.15, 0.2) is 32.5 Å². The summed E-state index contributed by atoms with van der Waals surface area (Å²) in [6.45, 7) is 3.00. The smallest absolute Gasteiger partial charge is 0.145 e. The Bertz CT molecular complexity index is 598. The predicted molar refractivity (Wildman–Crippen MR) is 95.9 cm³/mol. The summed E-state index contributed by atoms with van der Waals surface area (Å²) in [6, 6.07) is 7.31. The zero-order valence-corrected chi connectivity index (χ0v) is 16.2. The van der Waals surface area contributed by atoms with E-state index in [1.807, 2.05) is 0 Å². The molecule has 0 aliphatic rings. The van der Waals surface area contributed by atoms with E-state index in [0.29, 0.717) is 12.0 Å². The van der Waals surface area contributed by atoms with Crippen molar-refractivity contribution in [3.05, 3.63) is 53.8 Å². The Morgan fingerprint density at radius 2 is 2.14 bits per heavy atom. The van der Waals surface area contributed by atoms with Crippen molar-refractivity contribution >= 4 is 54.8 Å². The van der Waals surface area contributed by atoms with Crippen LogP contribution in [0.1, 0.15) is 29.8 Å². The van der Waals surface area contributed by atoms with Gasteiger partial charge in [-0.2, -0.15) is 0 Å². The van der Waals surface area contributed by atoms with Gasteiger partial charge in [-0.15, -0.1) is 11.3 Å². The molecule has 1 aromatic heterocycles. The van der Waals surface area contributed by atoms with E-state index < -0.39 is 0 Å². The van der Waals surface area contributed by atoms with Gasteiger partial charge in [0.1, 0.15) is 5.82 Å². The Morgan fingerprint density at radius 1 is 1.38 bits per heavy atom. The monoisotopic (exact) mass is 453 g/mol. The summed E-state index contributed by atoms with van der Waals surface area (Å²) in [4.78, 5) is 1.17. The summed E-state index contributed by atoms with van der Waals surface area (Å²) >= 11 is 14.5. The van der Waals surface area contributed by atoms with Crippen molar-refractivity contribution in [3.8, 4) is 0 Å². The maximum atomic E-state index is 14.1. The van der Waals surface area contributed by atoms with Crippen LogP contribution in [-0.2, 0) is 6.42 Å². The van der Waals surface area contributed by atoms with E-state index in [1.54, 1.807) is 29.5 Å². The van der Waals surface area contributed by atoms with Crippen molar-refractivity contribution in [2.24, 2.45) is 0 Å². The molecule has 0 radical (unpaired) electrons. The molecule has 1 N–H and O–H groups in total. The first-order valence-electron chi connectivity index (χ1n) is 6.64. The molecule has 114 valence electrons. The molecule has 0 saturated carbocycles. The molecule has 21 heavy (non-hydrogen) atoms. The fraction of sp³-hybridized carbons (Fsp3) is 0.333. The quantitative estimate of drug-likeness (QED) is 0.535. The standard InChI is InChI=1S/C15H15Br2ClFNS/c1-2-6-20-12(13-8-10(16)15(17)21-13)7-9-4-3-5-11(18)14(9)19/h3-5,8,12,20H,2,6-7H2,1H3. The van der Waals surface area contributed by atoms with E-state index in [2.05, 4.69) is 50.2 Å². The third-order valence-corrected chi connectivity index (χ3v) is 6.77. The molecule has 2 aromatic rings. The van der Waals surface area contributed by atoms with Crippen LogP contribution >= 0.6 is 54.8 Å². The second kappa shape index (κ2) is 8.06. The third kappa shape index (κ3) is 4.52. The Labute approximate surface area is 150 Å². The zero-order chi connectivity index (χ0) is 15.4. The molecule has 0 aliphatic carbocycles. The van der Waals surface area contributed by atoms with E-state index in [4.69, 9.17) is 11.6 Å². The molecule has 1 heterocycles. The van der Waals surface area contributed by atoms with E-state index in [1.165, 1.54) is 4.88 Å². The van der Waals surface area contributed by atoms with Crippen molar-refractivity contribution < 1.29 is 4.39 Å². The molecule has 0 amide bonds. The molecule has 0 bridgehead atoms. The number of benzene rings is 1. The molecule has 6 heteroatoms. The number of hydrogen-bond donors (Lipinski definition) is 1. The molecule has 0 saturated heterocycles. The van der Waals surface area contributed by atoms with Gasteiger partial charge in [-0.3, -0.25) is 0 Å². The SMILES string of the molecule is CCCNC(Cc1cccc(Cl)c1F)c1cc(Br)c(Br)s1. The topological polar surface area (TPSA) is 12.0 Å². The molecule has 0 spiro atoms. The number of hydrogen-bond acceptors (Lipinski definition) is 2. The van der Waals surface area contributed by atoms with Gasteiger partial charge in [0.15, 0.2) is 0 Å². The predicted octanol–water partition coefficient (Wildman–Crippen LogP) is 6.35. The second-order valence-electron chi connectivity index (χ2n) is 4.69.